The van der Waals surface area contributed by atoms with Crippen LogP contribution in [-0.4, -0.2) is 70.7 Å². The highest BCUT2D eigenvalue weighted by Gasteiger charge is 2.53. The van der Waals surface area contributed by atoms with E-state index in [-0.39, 0.29) is 53.9 Å². The minimum atomic E-state index is -0.637. The maximum absolute atomic E-state index is 13.3. The molecule has 1 aromatic rings. The molecule has 5 rings (SSSR count). The van der Waals surface area contributed by atoms with Crippen molar-refractivity contribution in [2.75, 3.05) is 13.1 Å². The van der Waals surface area contributed by atoms with Gasteiger partial charge >= 0.3 is 0 Å². The number of hydrogen-bond acceptors (Lipinski definition) is 5. The van der Waals surface area contributed by atoms with Gasteiger partial charge in [-0.25, -0.2) is 0 Å². The number of nitrogens with one attached hydrogen (secondary N) is 2. The minimum Gasteiger partial charge on any atom is -0.459 e. The van der Waals surface area contributed by atoms with Crippen molar-refractivity contribution in [1.29, 1.82) is 0 Å². The van der Waals surface area contributed by atoms with Gasteiger partial charge in [0.2, 0.25) is 17.7 Å². The summed E-state index contributed by atoms with van der Waals surface area (Å²) >= 11 is 0. The van der Waals surface area contributed by atoms with E-state index in [0.717, 1.165) is 12.8 Å². The molecular weight excluding hydrogens is 364 g/mol. The molecule has 2 N–H and O–H groups in total. The second-order valence-corrected chi connectivity index (χ2v) is 8.04. The van der Waals surface area contributed by atoms with Crippen LogP contribution in [0.5, 0.6) is 0 Å². The Hall–Kier alpha value is -2.84. The first-order valence-corrected chi connectivity index (χ1v) is 9.78. The number of furan rings is 1. The summed E-state index contributed by atoms with van der Waals surface area (Å²) < 4.78 is 5.10. The first-order chi connectivity index (χ1) is 13.5. The summed E-state index contributed by atoms with van der Waals surface area (Å²) in [5.74, 6) is -0.540. The first-order valence-electron chi connectivity index (χ1n) is 9.78. The smallest absolute Gasteiger partial charge is 0.287 e. The van der Waals surface area contributed by atoms with Gasteiger partial charge in [0.1, 0.15) is 12.1 Å². The number of amides is 4. The highest BCUT2D eigenvalue weighted by atomic mass is 16.3. The predicted octanol–water partition coefficient (Wildman–Crippen LogP) is -0.512. The number of hydrogen-bond donors (Lipinski definition) is 2. The fraction of sp³-hybridized carbons (Fsp3) is 0.579. The van der Waals surface area contributed by atoms with Crippen molar-refractivity contribution in [1.82, 2.24) is 20.4 Å². The van der Waals surface area contributed by atoms with Gasteiger partial charge in [-0.15, -0.1) is 0 Å². The Balaban J connectivity index is 1.34. The third-order valence-electron chi connectivity index (χ3n) is 6.16. The van der Waals surface area contributed by atoms with Gasteiger partial charge in [-0.1, -0.05) is 0 Å². The quantitative estimate of drug-likeness (QED) is 0.727. The van der Waals surface area contributed by atoms with E-state index in [0.29, 0.717) is 19.4 Å². The topological polar surface area (TPSA) is 112 Å². The van der Waals surface area contributed by atoms with Crippen LogP contribution in [0.2, 0.25) is 0 Å². The lowest BCUT2D eigenvalue weighted by Gasteiger charge is -2.29. The van der Waals surface area contributed by atoms with E-state index in [2.05, 4.69) is 10.6 Å². The van der Waals surface area contributed by atoms with Crippen molar-refractivity contribution >= 4 is 23.6 Å². The number of rotatable bonds is 3. The fourth-order valence-electron chi connectivity index (χ4n) is 4.61. The van der Waals surface area contributed by atoms with E-state index in [1.165, 1.54) is 11.2 Å². The van der Waals surface area contributed by atoms with Gasteiger partial charge in [-0.05, 0) is 37.8 Å². The Bertz CT molecular complexity index is 833. The van der Waals surface area contributed by atoms with Gasteiger partial charge in [-0.2, -0.15) is 0 Å². The van der Waals surface area contributed by atoms with Gasteiger partial charge in [0.05, 0.1) is 12.3 Å². The van der Waals surface area contributed by atoms with Crippen LogP contribution in [0.15, 0.2) is 22.8 Å². The van der Waals surface area contributed by atoms with Crippen LogP contribution in [0.1, 0.15) is 36.2 Å². The van der Waals surface area contributed by atoms with E-state index in [9.17, 15) is 19.2 Å². The number of likely N-dealkylation sites (tertiary alicyclic amines) is 1. The largest absolute Gasteiger partial charge is 0.459 e. The molecule has 9 nitrogen and oxygen atoms in total. The third-order valence-corrected chi connectivity index (χ3v) is 6.16. The Labute approximate surface area is 161 Å². The lowest BCUT2D eigenvalue weighted by Crippen LogP contribution is -2.53. The molecule has 1 aromatic heterocycles. The van der Waals surface area contributed by atoms with Crippen molar-refractivity contribution in [2.24, 2.45) is 5.92 Å². The molecule has 4 aliphatic rings. The standard InChI is InChI=1S/C19H22N4O5/c24-16-13-8-11(20-17(25)14-2-1-7-28-14)9-23(13)19(27)15-12(21-16)5-6-22(15)18(26)10-3-4-10/h1-2,7,10-13,15H,3-6,8-9H2,(H,20,25)(H,21,24). The monoisotopic (exact) mass is 386 g/mol. The van der Waals surface area contributed by atoms with Crippen LogP contribution < -0.4 is 10.6 Å². The SMILES string of the molecule is O=C(NC1CC2C(=O)NC3CCN(C(=O)C4CC4)C3C(=O)N2C1)c1ccco1. The molecule has 0 radical (unpaired) electrons. The van der Waals surface area contributed by atoms with Crippen molar-refractivity contribution in [2.45, 2.75) is 49.9 Å². The summed E-state index contributed by atoms with van der Waals surface area (Å²) in [6.07, 6.45) is 4.11. The Morgan fingerprint density at radius 1 is 1.21 bits per heavy atom. The molecule has 148 valence electrons. The van der Waals surface area contributed by atoms with Gasteiger partial charge < -0.3 is 24.9 Å². The van der Waals surface area contributed by atoms with E-state index in [4.69, 9.17) is 4.42 Å². The average Bonchev–Trinajstić information content (AvgIpc) is 3.10. The second-order valence-electron chi connectivity index (χ2n) is 8.04. The molecule has 4 amide bonds. The lowest BCUT2D eigenvalue weighted by atomic mass is 10.1. The van der Waals surface area contributed by atoms with Crippen LogP contribution in [0, 0.1) is 5.92 Å². The highest BCUT2D eigenvalue weighted by molar-refractivity contribution is 5.97. The van der Waals surface area contributed by atoms with Crippen LogP contribution >= 0.6 is 0 Å². The highest BCUT2D eigenvalue weighted by Crippen LogP contribution is 2.35. The molecule has 28 heavy (non-hydrogen) atoms. The predicted molar refractivity (Wildman–Crippen MR) is 94.9 cm³/mol. The summed E-state index contributed by atoms with van der Waals surface area (Å²) in [7, 11) is 0. The van der Waals surface area contributed by atoms with Crippen molar-refractivity contribution < 1.29 is 23.6 Å². The number of fused-ring (bicyclic) bond motifs is 2. The molecular formula is C19H22N4O5. The zero-order valence-corrected chi connectivity index (χ0v) is 15.3. The van der Waals surface area contributed by atoms with E-state index in [1.807, 2.05) is 0 Å². The molecule has 4 unspecified atom stereocenters. The minimum absolute atomic E-state index is 0.0235. The number of carbonyl (C=O) groups is 4. The number of nitrogens with zero attached hydrogens (tertiary/aromatic N) is 2. The molecule has 3 saturated heterocycles. The normalized spacial score (nSPS) is 31.9. The van der Waals surface area contributed by atoms with Gasteiger partial charge in [0.15, 0.2) is 5.76 Å². The molecule has 3 aliphatic heterocycles. The summed E-state index contributed by atoms with van der Waals surface area (Å²) in [6.45, 7) is 0.742. The maximum Gasteiger partial charge on any atom is 0.287 e. The van der Waals surface area contributed by atoms with Crippen LogP contribution in [0.4, 0.5) is 0 Å². The second kappa shape index (κ2) is 6.35. The maximum atomic E-state index is 13.3. The van der Waals surface area contributed by atoms with Gasteiger partial charge in [0, 0.05) is 25.0 Å². The molecule has 1 aliphatic carbocycles. The molecule has 0 spiro atoms. The Morgan fingerprint density at radius 3 is 2.75 bits per heavy atom. The Morgan fingerprint density at radius 2 is 2.04 bits per heavy atom. The molecule has 1 saturated carbocycles. The van der Waals surface area contributed by atoms with Crippen LogP contribution in [0.25, 0.3) is 0 Å². The van der Waals surface area contributed by atoms with Gasteiger partial charge in [-0.3, -0.25) is 19.2 Å². The van der Waals surface area contributed by atoms with E-state index >= 15 is 0 Å². The van der Waals surface area contributed by atoms with Crippen molar-refractivity contribution in [3.63, 3.8) is 0 Å². The van der Waals surface area contributed by atoms with E-state index in [1.54, 1.807) is 17.0 Å². The summed E-state index contributed by atoms with van der Waals surface area (Å²) in [6, 6.07) is 1.25. The molecule has 4 fully saturated rings. The third kappa shape index (κ3) is 2.76. The molecule has 4 atom stereocenters. The van der Waals surface area contributed by atoms with Crippen LogP contribution in [0.3, 0.4) is 0 Å². The number of carbonyl (C=O) groups excluding carboxylic acids is 4. The lowest BCUT2D eigenvalue weighted by molar-refractivity contribution is -0.145. The van der Waals surface area contributed by atoms with Gasteiger partial charge in [0.25, 0.3) is 5.91 Å². The molecule has 0 aromatic carbocycles. The fourth-order valence-corrected chi connectivity index (χ4v) is 4.61. The van der Waals surface area contributed by atoms with Crippen molar-refractivity contribution in [3.05, 3.63) is 24.2 Å². The zero-order chi connectivity index (χ0) is 19.4. The van der Waals surface area contributed by atoms with Crippen LogP contribution in [-0.2, 0) is 14.4 Å². The summed E-state index contributed by atoms with van der Waals surface area (Å²) in [4.78, 5) is 54.0. The molecule has 9 heteroatoms. The molecule has 0 bridgehead atoms. The molecule has 4 heterocycles. The summed E-state index contributed by atoms with van der Waals surface area (Å²) in [5.41, 5.74) is 0. The zero-order valence-electron chi connectivity index (χ0n) is 15.3. The average molecular weight is 386 g/mol. The Kier molecular flexibility index (Phi) is 3.92. The first kappa shape index (κ1) is 17.3. The van der Waals surface area contributed by atoms with Crippen molar-refractivity contribution in [3.8, 4) is 0 Å². The van der Waals surface area contributed by atoms with E-state index < -0.39 is 12.1 Å². The summed E-state index contributed by atoms with van der Waals surface area (Å²) in [5, 5.41) is 5.80.